The quantitative estimate of drug-likeness (QED) is 0.646. The maximum atomic E-state index is 13.1. The van der Waals surface area contributed by atoms with Crippen LogP contribution in [0, 0.1) is 11.7 Å². The van der Waals surface area contributed by atoms with Gasteiger partial charge in [0, 0.05) is 30.4 Å². The highest BCUT2D eigenvalue weighted by molar-refractivity contribution is 7.92. The number of hydrogen-bond donors (Lipinski definition) is 2. The Balaban J connectivity index is 1.36. The van der Waals surface area contributed by atoms with Crippen molar-refractivity contribution in [2.45, 2.75) is 55.9 Å². The standard InChI is InChI=1S/C25H30FN3O4S/c26-20-10-14-23(15-11-20)34(32,33)28-22-12-8-18(9-13-22)25(31)29-16-4-5-19(17-29)24(30)27-21-6-2-1-3-7-21/h8-15,19,21,28H,1-7,16-17H2,(H,27,30). The molecule has 7 nitrogen and oxygen atoms in total. The molecule has 34 heavy (non-hydrogen) atoms. The zero-order valence-electron chi connectivity index (χ0n) is 19.0. The molecule has 2 aromatic carbocycles. The van der Waals surface area contributed by atoms with Crippen molar-refractivity contribution in [1.82, 2.24) is 10.2 Å². The number of nitrogens with zero attached hydrogens (tertiary/aromatic N) is 1. The molecule has 182 valence electrons. The van der Waals surface area contributed by atoms with Gasteiger partial charge in [-0.05, 0) is 74.2 Å². The molecule has 4 rings (SSSR count). The van der Waals surface area contributed by atoms with Crippen LogP contribution in [-0.4, -0.2) is 44.3 Å². The minimum atomic E-state index is -3.87. The van der Waals surface area contributed by atoms with E-state index in [-0.39, 0.29) is 28.7 Å². The van der Waals surface area contributed by atoms with Crippen LogP contribution in [0.25, 0.3) is 0 Å². The summed E-state index contributed by atoms with van der Waals surface area (Å²) in [7, 11) is -3.87. The number of piperidine rings is 1. The Bertz CT molecular complexity index is 1110. The molecule has 0 aromatic heterocycles. The average Bonchev–Trinajstić information content (AvgIpc) is 2.85. The average molecular weight is 488 g/mol. The smallest absolute Gasteiger partial charge is 0.261 e. The second kappa shape index (κ2) is 10.5. The first-order valence-electron chi connectivity index (χ1n) is 11.8. The van der Waals surface area contributed by atoms with Gasteiger partial charge in [0.25, 0.3) is 15.9 Å². The van der Waals surface area contributed by atoms with E-state index in [0.29, 0.717) is 24.3 Å². The lowest BCUT2D eigenvalue weighted by Crippen LogP contribution is -2.47. The van der Waals surface area contributed by atoms with Crippen molar-refractivity contribution in [3.63, 3.8) is 0 Å². The van der Waals surface area contributed by atoms with E-state index in [9.17, 15) is 22.4 Å². The Labute approximate surface area is 199 Å². The van der Waals surface area contributed by atoms with Crippen LogP contribution in [0.5, 0.6) is 0 Å². The highest BCUT2D eigenvalue weighted by Crippen LogP contribution is 2.23. The maximum Gasteiger partial charge on any atom is 0.261 e. The molecule has 1 saturated heterocycles. The van der Waals surface area contributed by atoms with Crippen LogP contribution in [0.2, 0.25) is 0 Å². The largest absolute Gasteiger partial charge is 0.353 e. The van der Waals surface area contributed by atoms with E-state index in [0.717, 1.165) is 50.7 Å². The highest BCUT2D eigenvalue weighted by atomic mass is 32.2. The number of amides is 2. The normalized spacial score (nSPS) is 19.4. The highest BCUT2D eigenvalue weighted by Gasteiger charge is 2.30. The van der Waals surface area contributed by atoms with Gasteiger partial charge in [-0.3, -0.25) is 14.3 Å². The topological polar surface area (TPSA) is 95.6 Å². The third-order valence-electron chi connectivity index (χ3n) is 6.54. The number of sulfonamides is 1. The molecule has 0 bridgehead atoms. The second-order valence-electron chi connectivity index (χ2n) is 9.07. The molecule has 0 radical (unpaired) electrons. The van der Waals surface area contributed by atoms with Gasteiger partial charge < -0.3 is 10.2 Å². The van der Waals surface area contributed by atoms with E-state index >= 15 is 0 Å². The first kappa shape index (κ1) is 24.2. The zero-order valence-corrected chi connectivity index (χ0v) is 19.8. The molecule has 1 saturated carbocycles. The van der Waals surface area contributed by atoms with Crippen molar-refractivity contribution in [2.24, 2.45) is 5.92 Å². The molecule has 2 amide bonds. The number of carbonyl (C=O) groups is 2. The number of benzene rings is 2. The summed E-state index contributed by atoms with van der Waals surface area (Å²) in [4.78, 5) is 27.4. The molecule has 2 fully saturated rings. The Morgan fingerprint density at radius 2 is 1.56 bits per heavy atom. The number of anilines is 1. The first-order chi connectivity index (χ1) is 16.3. The van der Waals surface area contributed by atoms with Crippen molar-refractivity contribution in [3.05, 3.63) is 59.9 Å². The van der Waals surface area contributed by atoms with Gasteiger partial charge in [0.15, 0.2) is 0 Å². The Morgan fingerprint density at radius 3 is 2.24 bits per heavy atom. The predicted octanol–water partition coefficient (Wildman–Crippen LogP) is 3.93. The second-order valence-corrected chi connectivity index (χ2v) is 10.8. The molecular formula is C25H30FN3O4S. The third-order valence-corrected chi connectivity index (χ3v) is 7.94. The van der Waals surface area contributed by atoms with Gasteiger partial charge in [0.05, 0.1) is 10.8 Å². The maximum absolute atomic E-state index is 13.1. The monoisotopic (exact) mass is 487 g/mol. The molecule has 1 aliphatic heterocycles. The first-order valence-corrected chi connectivity index (χ1v) is 13.3. The molecular weight excluding hydrogens is 457 g/mol. The van der Waals surface area contributed by atoms with Crippen LogP contribution < -0.4 is 10.0 Å². The number of likely N-dealkylation sites (tertiary alicyclic amines) is 1. The predicted molar refractivity (Wildman–Crippen MR) is 127 cm³/mol. The van der Waals surface area contributed by atoms with Crippen LogP contribution >= 0.6 is 0 Å². The molecule has 9 heteroatoms. The van der Waals surface area contributed by atoms with Gasteiger partial charge in [0.2, 0.25) is 5.91 Å². The van der Waals surface area contributed by atoms with E-state index in [1.807, 2.05) is 0 Å². The molecule has 1 atom stereocenters. The minimum absolute atomic E-state index is 0.0370. The summed E-state index contributed by atoms with van der Waals surface area (Å²) < 4.78 is 40.5. The SMILES string of the molecule is O=C(NC1CCCCC1)C1CCCN(C(=O)c2ccc(NS(=O)(=O)c3ccc(F)cc3)cc2)C1. The Morgan fingerprint density at radius 1 is 0.882 bits per heavy atom. The van der Waals surface area contributed by atoms with E-state index in [1.165, 1.54) is 30.7 Å². The van der Waals surface area contributed by atoms with Gasteiger partial charge in [0.1, 0.15) is 5.82 Å². The van der Waals surface area contributed by atoms with Crippen molar-refractivity contribution >= 4 is 27.5 Å². The third kappa shape index (κ3) is 5.94. The summed E-state index contributed by atoms with van der Waals surface area (Å²) in [5.74, 6) is -0.868. The van der Waals surface area contributed by atoms with Crippen molar-refractivity contribution in [3.8, 4) is 0 Å². The van der Waals surface area contributed by atoms with Crippen LogP contribution in [0.4, 0.5) is 10.1 Å². The van der Waals surface area contributed by atoms with Crippen LogP contribution in [0.15, 0.2) is 53.4 Å². The number of rotatable bonds is 6. The van der Waals surface area contributed by atoms with Gasteiger partial charge in [-0.2, -0.15) is 0 Å². The number of hydrogen-bond acceptors (Lipinski definition) is 4. The molecule has 1 heterocycles. The van der Waals surface area contributed by atoms with E-state index < -0.39 is 15.8 Å². The lowest BCUT2D eigenvalue weighted by molar-refractivity contribution is -0.127. The van der Waals surface area contributed by atoms with Crippen LogP contribution in [0.3, 0.4) is 0 Å². The van der Waals surface area contributed by atoms with Gasteiger partial charge >= 0.3 is 0 Å². The van der Waals surface area contributed by atoms with E-state index in [1.54, 1.807) is 17.0 Å². The molecule has 1 aliphatic carbocycles. The fourth-order valence-electron chi connectivity index (χ4n) is 4.63. The summed E-state index contributed by atoms with van der Waals surface area (Å²) in [5, 5.41) is 3.17. The fraction of sp³-hybridized carbons (Fsp3) is 0.440. The van der Waals surface area contributed by atoms with Gasteiger partial charge in [-0.25, -0.2) is 12.8 Å². The molecule has 0 spiro atoms. The van der Waals surface area contributed by atoms with Crippen molar-refractivity contribution in [1.29, 1.82) is 0 Å². The molecule has 2 aromatic rings. The number of nitrogens with one attached hydrogen (secondary N) is 2. The summed E-state index contributed by atoms with van der Waals surface area (Å²) in [5.41, 5.74) is 0.724. The lowest BCUT2D eigenvalue weighted by Gasteiger charge is -2.33. The zero-order chi connectivity index (χ0) is 24.1. The fourth-order valence-corrected chi connectivity index (χ4v) is 5.69. The number of carbonyl (C=O) groups excluding carboxylic acids is 2. The summed E-state index contributed by atoms with van der Waals surface area (Å²) >= 11 is 0. The van der Waals surface area contributed by atoms with Crippen LogP contribution in [-0.2, 0) is 14.8 Å². The summed E-state index contributed by atoms with van der Waals surface area (Å²) in [6.07, 6.45) is 7.12. The molecule has 1 unspecified atom stereocenters. The van der Waals surface area contributed by atoms with Crippen molar-refractivity contribution in [2.75, 3.05) is 17.8 Å². The van der Waals surface area contributed by atoms with Gasteiger partial charge in [-0.1, -0.05) is 19.3 Å². The van der Waals surface area contributed by atoms with Gasteiger partial charge in [-0.15, -0.1) is 0 Å². The van der Waals surface area contributed by atoms with E-state index in [2.05, 4.69) is 10.0 Å². The van der Waals surface area contributed by atoms with Crippen LogP contribution in [0.1, 0.15) is 55.3 Å². The number of halogens is 1. The van der Waals surface area contributed by atoms with E-state index in [4.69, 9.17) is 0 Å². The molecule has 2 N–H and O–H groups in total. The lowest BCUT2D eigenvalue weighted by atomic mass is 9.93. The minimum Gasteiger partial charge on any atom is -0.353 e. The molecule has 2 aliphatic rings. The Hall–Kier alpha value is -2.94. The summed E-state index contributed by atoms with van der Waals surface area (Å²) in [6, 6.07) is 11.0. The Kier molecular flexibility index (Phi) is 7.50. The van der Waals surface area contributed by atoms with Crippen molar-refractivity contribution < 1.29 is 22.4 Å². The summed E-state index contributed by atoms with van der Waals surface area (Å²) in [6.45, 7) is 0.974.